The Morgan fingerprint density at radius 1 is 1.07 bits per heavy atom. The first-order valence-corrected chi connectivity index (χ1v) is 5.42. The van der Waals surface area contributed by atoms with E-state index in [-0.39, 0.29) is 6.42 Å². The lowest BCUT2D eigenvalue weighted by Crippen LogP contribution is -2.45. The highest BCUT2D eigenvalue weighted by Gasteiger charge is 2.37. The van der Waals surface area contributed by atoms with Gasteiger partial charge in [0, 0.05) is 13.3 Å². The summed E-state index contributed by atoms with van der Waals surface area (Å²) in [5.41, 5.74) is 0. The number of hydrogen-bond acceptors (Lipinski definition) is 4. The van der Waals surface area contributed by atoms with Crippen LogP contribution in [-0.2, 0) is 9.59 Å². The molecular formula is C11H20O4. The van der Waals surface area contributed by atoms with E-state index < -0.39 is 17.4 Å². The third-order valence-electron chi connectivity index (χ3n) is 2.39. The van der Waals surface area contributed by atoms with Crippen molar-refractivity contribution in [2.24, 2.45) is 0 Å². The van der Waals surface area contributed by atoms with Crippen LogP contribution in [0.4, 0.5) is 0 Å². The lowest BCUT2D eigenvalue weighted by Gasteiger charge is -2.16. The summed E-state index contributed by atoms with van der Waals surface area (Å²) in [7, 11) is 0. The van der Waals surface area contributed by atoms with Gasteiger partial charge in [-0.1, -0.05) is 32.6 Å². The average Bonchev–Trinajstić information content (AvgIpc) is 2.16. The van der Waals surface area contributed by atoms with Crippen molar-refractivity contribution in [3.8, 4) is 0 Å². The molecule has 0 saturated heterocycles. The summed E-state index contributed by atoms with van der Waals surface area (Å²) in [5.74, 6) is -4.49. The number of aliphatic hydroxyl groups is 2. The number of ketones is 2. The maximum Gasteiger partial charge on any atom is 0.285 e. The van der Waals surface area contributed by atoms with Crippen molar-refractivity contribution < 1.29 is 19.8 Å². The van der Waals surface area contributed by atoms with Gasteiger partial charge in [-0.15, -0.1) is 0 Å². The molecule has 0 atom stereocenters. The highest BCUT2D eigenvalue weighted by atomic mass is 16.5. The van der Waals surface area contributed by atoms with Crippen LogP contribution in [0.25, 0.3) is 0 Å². The summed E-state index contributed by atoms with van der Waals surface area (Å²) in [6.07, 6.45) is 4.81. The van der Waals surface area contributed by atoms with Crippen LogP contribution in [0.1, 0.15) is 52.4 Å². The van der Waals surface area contributed by atoms with E-state index in [0.717, 1.165) is 32.6 Å². The second-order valence-electron chi connectivity index (χ2n) is 3.82. The van der Waals surface area contributed by atoms with E-state index >= 15 is 0 Å². The van der Waals surface area contributed by atoms with Gasteiger partial charge in [0.25, 0.3) is 5.79 Å². The molecule has 88 valence electrons. The molecule has 15 heavy (non-hydrogen) atoms. The molecule has 2 N–H and O–H groups in total. The molecule has 0 aliphatic heterocycles. The topological polar surface area (TPSA) is 74.6 Å². The number of hydrogen-bond donors (Lipinski definition) is 2. The molecule has 4 nitrogen and oxygen atoms in total. The van der Waals surface area contributed by atoms with Gasteiger partial charge in [-0.2, -0.15) is 0 Å². The van der Waals surface area contributed by atoms with Gasteiger partial charge in [0.15, 0.2) is 11.6 Å². The Kier molecular flexibility index (Phi) is 6.36. The van der Waals surface area contributed by atoms with Crippen molar-refractivity contribution in [3.05, 3.63) is 0 Å². The minimum atomic E-state index is -2.77. The largest absolute Gasteiger partial charge is 0.354 e. The molecule has 0 rings (SSSR count). The molecular weight excluding hydrogens is 196 g/mol. The Bertz CT molecular complexity index is 221. The molecule has 4 heteroatoms. The van der Waals surface area contributed by atoms with Gasteiger partial charge < -0.3 is 10.2 Å². The molecule has 0 amide bonds. The van der Waals surface area contributed by atoms with Crippen LogP contribution in [-0.4, -0.2) is 27.6 Å². The Balaban J connectivity index is 3.79. The number of carbonyl (C=O) groups excluding carboxylic acids is 2. The SMILES string of the molecule is CCCCCCCC(=O)C(O)(O)C(C)=O. The van der Waals surface area contributed by atoms with Crippen molar-refractivity contribution in [1.29, 1.82) is 0 Å². The van der Waals surface area contributed by atoms with E-state index in [1.54, 1.807) is 0 Å². The fourth-order valence-electron chi connectivity index (χ4n) is 1.26. The second-order valence-corrected chi connectivity index (χ2v) is 3.82. The minimum Gasteiger partial charge on any atom is -0.354 e. The fraction of sp³-hybridized carbons (Fsp3) is 0.818. The Morgan fingerprint density at radius 2 is 1.60 bits per heavy atom. The predicted octanol–water partition coefficient (Wildman–Crippen LogP) is 1.19. The first-order chi connectivity index (χ1) is 6.92. The van der Waals surface area contributed by atoms with Crippen molar-refractivity contribution in [2.75, 3.05) is 0 Å². The molecule has 0 radical (unpaired) electrons. The molecule has 0 aliphatic carbocycles. The van der Waals surface area contributed by atoms with E-state index in [0.29, 0.717) is 6.42 Å². The zero-order chi connectivity index (χ0) is 11.9. The van der Waals surface area contributed by atoms with Crippen LogP contribution in [0, 0.1) is 0 Å². The molecule has 0 spiro atoms. The molecule has 0 aromatic heterocycles. The summed E-state index contributed by atoms with van der Waals surface area (Å²) < 4.78 is 0. The molecule has 0 unspecified atom stereocenters. The van der Waals surface area contributed by atoms with Crippen LogP contribution in [0.2, 0.25) is 0 Å². The standard InChI is InChI=1S/C11H20O4/c1-3-4-5-6-7-8-10(13)11(14,15)9(2)12/h14-15H,3-8H2,1-2H3. The smallest absolute Gasteiger partial charge is 0.285 e. The van der Waals surface area contributed by atoms with Crippen molar-refractivity contribution in [2.45, 2.75) is 58.2 Å². The summed E-state index contributed by atoms with van der Waals surface area (Å²) >= 11 is 0. The number of Topliss-reactive ketones (excluding diaryl/α,β-unsaturated/α-hetero) is 2. The van der Waals surface area contributed by atoms with Gasteiger partial charge in [0.1, 0.15) is 0 Å². The molecule has 0 saturated carbocycles. The Hall–Kier alpha value is -0.740. The van der Waals surface area contributed by atoms with E-state index in [1.807, 2.05) is 0 Å². The fourth-order valence-corrected chi connectivity index (χ4v) is 1.26. The highest BCUT2D eigenvalue weighted by molar-refractivity contribution is 6.06. The summed E-state index contributed by atoms with van der Waals surface area (Å²) in [6, 6.07) is 0. The van der Waals surface area contributed by atoms with Crippen LogP contribution in [0.5, 0.6) is 0 Å². The van der Waals surface area contributed by atoms with Gasteiger partial charge in [-0.05, 0) is 6.42 Å². The van der Waals surface area contributed by atoms with Gasteiger partial charge in [-0.3, -0.25) is 9.59 Å². The van der Waals surface area contributed by atoms with E-state index in [1.165, 1.54) is 0 Å². The summed E-state index contributed by atoms with van der Waals surface area (Å²) in [6.45, 7) is 3.09. The third-order valence-corrected chi connectivity index (χ3v) is 2.39. The predicted molar refractivity (Wildman–Crippen MR) is 56.2 cm³/mol. The monoisotopic (exact) mass is 216 g/mol. The van der Waals surface area contributed by atoms with E-state index in [2.05, 4.69) is 6.92 Å². The van der Waals surface area contributed by atoms with Crippen LogP contribution >= 0.6 is 0 Å². The van der Waals surface area contributed by atoms with Gasteiger partial charge >= 0.3 is 0 Å². The highest BCUT2D eigenvalue weighted by Crippen LogP contribution is 2.11. The lowest BCUT2D eigenvalue weighted by molar-refractivity contribution is -0.187. The van der Waals surface area contributed by atoms with Gasteiger partial charge in [0.05, 0.1) is 0 Å². The molecule has 0 heterocycles. The normalized spacial score (nSPS) is 11.5. The average molecular weight is 216 g/mol. The Labute approximate surface area is 90.3 Å². The zero-order valence-corrected chi connectivity index (χ0v) is 9.45. The molecule has 0 fully saturated rings. The first-order valence-electron chi connectivity index (χ1n) is 5.42. The maximum atomic E-state index is 11.2. The third kappa shape index (κ3) is 5.04. The maximum absolute atomic E-state index is 11.2. The van der Waals surface area contributed by atoms with Crippen molar-refractivity contribution in [1.82, 2.24) is 0 Å². The van der Waals surface area contributed by atoms with E-state index in [4.69, 9.17) is 10.2 Å². The van der Waals surface area contributed by atoms with Crippen molar-refractivity contribution in [3.63, 3.8) is 0 Å². The van der Waals surface area contributed by atoms with Crippen LogP contribution in [0.15, 0.2) is 0 Å². The first kappa shape index (κ1) is 14.3. The van der Waals surface area contributed by atoms with Crippen LogP contribution < -0.4 is 0 Å². The zero-order valence-electron chi connectivity index (χ0n) is 9.45. The summed E-state index contributed by atoms with van der Waals surface area (Å²) in [4.78, 5) is 21.9. The van der Waals surface area contributed by atoms with Gasteiger partial charge in [0.2, 0.25) is 0 Å². The number of unbranched alkanes of at least 4 members (excludes halogenated alkanes) is 4. The number of rotatable bonds is 8. The van der Waals surface area contributed by atoms with Gasteiger partial charge in [-0.25, -0.2) is 0 Å². The molecule has 0 aliphatic rings. The Morgan fingerprint density at radius 3 is 2.07 bits per heavy atom. The molecule has 0 bridgehead atoms. The molecule has 0 aromatic carbocycles. The van der Waals surface area contributed by atoms with Crippen molar-refractivity contribution >= 4 is 11.6 Å². The lowest BCUT2D eigenvalue weighted by atomic mass is 10.0. The minimum absolute atomic E-state index is 0.0519. The second kappa shape index (κ2) is 6.69. The quantitative estimate of drug-likeness (QED) is 0.363. The van der Waals surface area contributed by atoms with E-state index in [9.17, 15) is 9.59 Å². The molecule has 0 aromatic rings. The van der Waals surface area contributed by atoms with Crippen LogP contribution in [0.3, 0.4) is 0 Å². The number of carbonyl (C=O) groups is 2. The summed E-state index contributed by atoms with van der Waals surface area (Å²) in [5, 5.41) is 18.2.